The van der Waals surface area contributed by atoms with Gasteiger partial charge >= 0.3 is 0 Å². The fourth-order valence-corrected chi connectivity index (χ4v) is 6.07. The van der Waals surface area contributed by atoms with Gasteiger partial charge in [-0.1, -0.05) is 53.8 Å². The molecule has 7 heteroatoms. The van der Waals surface area contributed by atoms with Crippen molar-refractivity contribution in [3.8, 4) is 17.2 Å². The van der Waals surface area contributed by atoms with Crippen LogP contribution >= 0.6 is 11.3 Å². The van der Waals surface area contributed by atoms with Crippen molar-refractivity contribution >= 4 is 23.1 Å². The van der Waals surface area contributed by atoms with Crippen LogP contribution in [0.1, 0.15) is 34.7 Å². The lowest BCUT2D eigenvalue weighted by Crippen LogP contribution is -2.38. The monoisotopic (exact) mass is 496 g/mol. The van der Waals surface area contributed by atoms with Crippen LogP contribution in [0.3, 0.4) is 0 Å². The highest BCUT2D eigenvalue weighted by molar-refractivity contribution is 7.07. The van der Waals surface area contributed by atoms with Crippen LogP contribution in [-0.2, 0) is 6.42 Å². The second-order valence-corrected chi connectivity index (χ2v) is 9.83. The average molecular weight is 497 g/mol. The number of hydrogen-bond acceptors (Lipinski definition) is 6. The zero-order chi connectivity index (χ0) is 24.8. The van der Waals surface area contributed by atoms with E-state index in [0.29, 0.717) is 20.8 Å². The molecule has 0 spiro atoms. The number of hydrogen-bond donors (Lipinski definition) is 1. The molecule has 0 amide bonds. The number of nitrogens with zero attached hydrogens (tertiary/aromatic N) is 2. The predicted molar refractivity (Wildman–Crippen MR) is 140 cm³/mol. The molecule has 0 saturated carbocycles. The Morgan fingerprint density at radius 1 is 1.00 bits per heavy atom. The topological polar surface area (TPSA) is 73.0 Å². The highest BCUT2D eigenvalue weighted by atomic mass is 32.1. The summed E-state index contributed by atoms with van der Waals surface area (Å²) >= 11 is 1.38. The molecule has 6 nitrogen and oxygen atoms in total. The number of benzene rings is 3. The van der Waals surface area contributed by atoms with Gasteiger partial charge in [0.1, 0.15) is 5.75 Å². The van der Waals surface area contributed by atoms with Gasteiger partial charge in [0.05, 0.1) is 30.5 Å². The van der Waals surface area contributed by atoms with Crippen LogP contribution in [0.4, 0.5) is 0 Å². The normalized spacial score (nSPS) is 16.6. The van der Waals surface area contributed by atoms with Crippen LogP contribution in [-0.4, -0.2) is 23.9 Å². The van der Waals surface area contributed by atoms with E-state index in [1.54, 1.807) is 38.5 Å². The fourth-order valence-electron chi connectivity index (χ4n) is 5.07. The van der Waals surface area contributed by atoms with Crippen LogP contribution in [0.25, 0.3) is 11.8 Å². The number of aromatic nitrogens is 1. The van der Waals surface area contributed by atoms with E-state index in [1.807, 2.05) is 34.9 Å². The van der Waals surface area contributed by atoms with Gasteiger partial charge in [-0.2, -0.15) is 0 Å². The number of methoxy groups -OCH3 is 2. The first-order valence-electron chi connectivity index (χ1n) is 11.7. The number of ether oxygens (including phenoxy) is 2. The highest BCUT2D eigenvalue weighted by Gasteiger charge is 2.33. The minimum Gasteiger partial charge on any atom is -0.508 e. The summed E-state index contributed by atoms with van der Waals surface area (Å²) in [5.41, 5.74) is 6.19. The standard InChI is InChI=1S/C29H24N2O4S/c1-34-23-14-10-19(16-24(23)35-2)27-22-13-9-18-5-3-4-6-21(18)26(22)30-29-31(27)28(33)25(36-29)15-17-7-11-20(32)12-8-17/h3-8,10-12,14-16,27,32H,9,13H2,1-2H3/b25-15+/t27-/m1/s1. The van der Waals surface area contributed by atoms with Gasteiger partial charge in [-0.3, -0.25) is 9.36 Å². The molecule has 0 unspecified atom stereocenters. The summed E-state index contributed by atoms with van der Waals surface area (Å²) in [6, 6.07) is 20.7. The Balaban J connectivity index is 1.62. The number of phenols is 1. The number of aromatic hydroxyl groups is 1. The maximum Gasteiger partial charge on any atom is 0.271 e. The second-order valence-electron chi connectivity index (χ2n) is 8.82. The number of allylic oxidation sites excluding steroid dienone is 1. The summed E-state index contributed by atoms with van der Waals surface area (Å²) in [5.74, 6) is 1.45. The summed E-state index contributed by atoms with van der Waals surface area (Å²) in [4.78, 5) is 19.5. The second kappa shape index (κ2) is 8.84. The number of rotatable bonds is 4. The largest absolute Gasteiger partial charge is 0.508 e. The van der Waals surface area contributed by atoms with E-state index in [0.717, 1.165) is 40.8 Å². The van der Waals surface area contributed by atoms with Crippen molar-refractivity contribution < 1.29 is 14.6 Å². The van der Waals surface area contributed by atoms with Gasteiger partial charge in [0.25, 0.3) is 5.56 Å². The van der Waals surface area contributed by atoms with Gasteiger partial charge in [0.2, 0.25) is 0 Å². The average Bonchev–Trinajstić information content (AvgIpc) is 3.22. The van der Waals surface area contributed by atoms with E-state index >= 15 is 0 Å². The molecule has 0 saturated heterocycles. The molecule has 1 aliphatic carbocycles. The van der Waals surface area contributed by atoms with Crippen LogP contribution < -0.4 is 24.4 Å². The molecule has 1 aliphatic heterocycles. The van der Waals surface area contributed by atoms with Crippen LogP contribution in [0.2, 0.25) is 0 Å². The summed E-state index contributed by atoms with van der Waals surface area (Å²) in [7, 11) is 3.23. The van der Waals surface area contributed by atoms with E-state index in [9.17, 15) is 9.90 Å². The van der Waals surface area contributed by atoms with Gasteiger partial charge in [0, 0.05) is 5.56 Å². The SMILES string of the molecule is COc1ccc([C@@H]2C3=C(N=c4s/c(=C/c5ccc(O)cc5)c(=O)n42)c2ccccc2CC3)cc1OC. The molecule has 1 atom stereocenters. The molecule has 1 N–H and O–H groups in total. The minimum absolute atomic E-state index is 0.0861. The lowest BCUT2D eigenvalue weighted by atomic mass is 9.83. The molecule has 0 radical (unpaired) electrons. The molecule has 4 aromatic rings. The Morgan fingerprint density at radius 2 is 1.78 bits per heavy atom. The quantitative estimate of drug-likeness (QED) is 0.463. The first kappa shape index (κ1) is 22.4. The summed E-state index contributed by atoms with van der Waals surface area (Å²) in [5, 5.41) is 9.63. The van der Waals surface area contributed by atoms with Gasteiger partial charge in [-0.15, -0.1) is 0 Å². The fraction of sp³-hybridized carbons (Fsp3) is 0.172. The Hall–Kier alpha value is -4.10. The lowest BCUT2D eigenvalue weighted by molar-refractivity contribution is 0.354. The molecule has 0 bridgehead atoms. The minimum atomic E-state index is -0.300. The third kappa shape index (κ3) is 3.63. The Kier molecular flexibility index (Phi) is 5.49. The highest BCUT2D eigenvalue weighted by Crippen LogP contribution is 2.42. The van der Waals surface area contributed by atoms with Gasteiger partial charge in [0.15, 0.2) is 16.3 Å². The first-order valence-corrected chi connectivity index (χ1v) is 12.5. The number of thiazole rings is 1. The zero-order valence-corrected chi connectivity index (χ0v) is 20.7. The third-order valence-electron chi connectivity index (χ3n) is 6.79. The van der Waals surface area contributed by atoms with Crippen molar-refractivity contribution in [1.82, 2.24) is 4.57 Å². The van der Waals surface area contributed by atoms with Gasteiger partial charge in [-0.25, -0.2) is 4.99 Å². The summed E-state index contributed by atoms with van der Waals surface area (Å²) in [6.45, 7) is 0. The van der Waals surface area contributed by atoms with Crippen molar-refractivity contribution in [2.75, 3.05) is 14.2 Å². The van der Waals surface area contributed by atoms with Crippen LogP contribution in [0.15, 0.2) is 82.1 Å². The molecule has 36 heavy (non-hydrogen) atoms. The predicted octanol–water partition coefficient (Wildman–Crippen LogP) is 4.04. The molecule has 0 fully saturated rings. The Labute approximate surface area is 211 Å². The maximum atomic E-state index is 13.8. The Morgan fingerprint density at radius 3 is 2.56 bits per heavy atom. The first-order chi connectivity index (χ1) is 17.6. The lowest BCUT2D eigenvalue weighted by Gasteiger charge is -2.31. The van der Waals surface area contributed by atoms with E-state index in [4.69, 9.17) is 14.5 Å². The molecule has 2 heterocycles. The van der Waals surface area contributed by atoms with E-state index < -0.39 is 0 Å². The maximum absolute atomic E-state index is 13.8. The molecule has 1 aromatic heterocycles. The number of fused-ring (bicyclic) bond motifs is 3. The molecule has 3 aromatic carbocycles. The summed E-state index contributed by atoms with van der Waals surface area (Å²) in [6.07, 6.45) is 3.56. The zero-order valence-electron chi connectivity index (χ0n) is 19.9. The van der Waals surface area contributed by atoms with Crippen molar-refractivity contribution in [3.63, 3.8) is 0 Å². The molecule has 6 rings (SSSR count). The third-order valence-corrected chi connectivity index (χ3v) is 7.77. The molecular weight excluding hydrogens is 472 g/mol. The molecule has 2 aliphatic rings. The van der Waals surface area contributed by atoms with Crippen LogP contribution in [0, 0.1) is 0 Å². The van der Waals surface area contributed by atoms with Crippen molar-refractivity contribution in [2.45, 2.75) is 18.9 Å². The van der Waals surface area contributed by atoms with E-state index in [2.05, 4.69) is 18.2 Å². The van der Waals surface area contributed by atoms with E-state index in [-0.39, 0.29) is 17.4 Å². The molecular formula is C29H24N2O4S. The Bertz CT molecular complexity index is 1700. The number of phenolic OH excluding ortho intramolecular Hbond substituents is 1. The van der Waals surface area contributed by atoms with Crippen molar-refractivity contribution in [1.29, 1.82) is 0 Å². The van der Waals surface area contributed by atoms with Crippen LogP contribution in [0.5, 0.6) is 17.2 Å². The van der Waals surface area contributed by atoms with E-state index in [1.165, 1.54) is 16.9 Å². The molecule has 180 valence electrons. The smallest absolute Gasteiger partial charge is 0.271 e. The summed E-state index contributed by atoms with van der Waals surface area (Å²) < 4.78 is 13.5. The van der Waals surface area contributed by atoms with Crippen molar-refractivity contribution in [3.05, 3.63) is 114 Å². The van der Waals surface area contributed by atoms with Gasteiger partial charge in [-0.05, 0) is 65.4 Å². The number of aryl methyl sites for hydroxylation is 1. The van der Waals surface area contributed by atoms with Crippen molar-refractivity contribution in [2.24, 2.45) is 4.99 Å². The van der Waals surface area contributed by atoms with Gasteiger partial charge < -0.3 is 14.6 Å².